The van der Waals surface area contributed by atoms with Crippen LogP contribution in [-0.2, 0) is 11.4 Å². The minimum Gasteiger partial charge on any atom is -0.486 e. The van der Waals surface area contributed by atoms with Crippen LogP contribution >= 0.6 is 15.9 Å². The van der Waals surface area contributed by atoms with Crippen molar-refractivity contribution >= 4 is 27.7 Å². The van der Waals surface area contributed by atoms with Gasteiger partial charge in [0.15, 0.2) is 17.4 Å². The van der Waals surface area contributed by atoms with Gasteiger partial charge in [-0.25, -0.2) is 9.37 Å². The number of ether oxygens (including phenoxy) is 1. The highest BCUT2D eigenvalue weighted by Crippen LogP contribution is 2.29. The van der Waals surface area contributed by atoms with E-state index in [4.69, 9.17) is 4.74 Å². The molecular formula is C20H16BrF3N4O2. The molecule has 3 aromatic rings. The lowest BCUT2D eigenvalue weighted by Gasteiger charge is -2.13. The Balaban J connectivity index is 1.69. The molecule has 0 aliphatic heterocycles. The number of hydrogen-bond donors (Lipinski definition) is 2. The van der Waals surface area contributed by atoms with Crippen molar-refractivity contribution in [3.63, 3.8) is 0 Å². The van der Waals surface area contributed by atoms with Crippen molar-refractivity contribution in [2.75, 3.05) is 5.43 Å². The van der Waals surface area contributed by atoms with Gasteiger partial charge in [0.05, 0.1) is 18.1 Å². The number of carbonyl (C=O) groups excluding carboxylic acids is 1. The lowest BCUT2D eigenvalue weighted by atomic mass is 10.1. The standard InChI is InChI=1S/C20H16BrF3N4O2/c1-12-7-17(30-11-13-5-3-2-4-6-13)15(22)8-14(12)16-9-26-18(10-25-16)27-28-19(29)20(21,23)24/h2-10H,11H2,1H3,(H,26,27)(H,28,29). The van der Waals surface area contributed by atoms with Crippen LogP contribution in [0, 0.1) is 12.7 Å². The van der Waals surface area contributed by atoms with E-state index < -0.39 is 16.6 Å². The molecule has 0 aliphatic rings. The van der Waals surface area contributed by atoms with Gasteiger partial charge in [-0.2, -0.15) is 8.78 Å². The van der Waals surface area contributed by atoms with E-state index >= 15 is 0 Å². The maximum absolute atomic E-state index is 14.5. The van der Waals surface area contributed by atoms with E-state index in [1.165, 1.54) is 18.5 Å². The molecule has 30 heavy (non-hydrogen) atoms. The highest BCUT2D eigenvalue weighted by molar-refractivity contribution is 9.10. The summed E-state index contributed by atoms with van der Waals surface area (Å²) in [6.07, 6.45) is 2.55. The van der Waals surface area contributed by atoms with E-state index in [-0.39, 0.29) is 18.2 Å². The first-order valence-corrected chi connectivity index (χ1v) is 9.46. The molecule has 2 aromatic carbocycles. The molecule has 0 aliphatic carbocycles. The van der Waals surface area contributed by atoms with Gasteiger partial charge < -0.3 is 4.74 Å². The number of nitrogens with one attached hydrogen (secondary N) is 2. The van der Waals surface area contributed by atoms with Crippen LogP contribution in [0.2, 0.25) is 0 Å². The second kappa shape index (κ2) is 9.12. The smallest absolute Gasteiger partial charge is 0.379 e. The number of aromatic nitrogens is 2. The van der Waals surface area contributed by atoms with Crippen molar-refractivity contribution < 1.29 is 22.7 Å². The number of halogens is 4. The molecule has 0 unspecified atom stereocenters. The maximum atomic E-state index is 14.5. The Morgan fingerprint density at radius 1 is 1.17 bits per heavy atom. The number of rotatable bonds is 7. The predicted octanol–water partition coefficient (Wildman–Crippen LogP) is 4.60. The first-order chi connectivity index (χ1) is 14.2. The van der Waals surface area contributed by atoms with Gasteiger partial charge in [-0.1, -0.05) is 30.3 Å². The summed E-state index contributed by atoms with van der Waals surface area (Å²) >= 11 is 1.94. The van der Waals surface area contributed by atoms with Crippen LogP contribution < -0.4 is 15.6 Å². The van der Waals surface area contributed by atoms with Gasteiger partial charge in [-0.05, 0) is 30.2 Å². The van der Waals surface area contributed by atoms with Crippen LogP contribution in [-0.4, -0.2) is 20.7 Å². The van der Waals surface area contributed by atoms with Gasteiger partial charge in [-0.3, -0.25) is 20.6 Å². The predicted molar refractivity (Wildman–Crippen MR) is 109 cm³/mol. The Hall–Kier alpha value is -3.14. The van der Waals surface area contributed by atoms with Gasteiger partial charge in [0.2, 0.25) is 0 Å². The summed E-state index contributed by atoms with van der Waals surface area (Å²) in [7, 11) is 0. The van der Waals surface area contributed by atoms with Crippen LogP contribution in [0.1, 0.15) is 11.1 Å². The van der Waals surface area contributed by atoms with Crippen LogP contribution in [0.25, 0.3) is 11.3 Å². The SMILES string of the molecule is Cc1cc(OCc2ccccc2)c(F)cc1-c1cnc(NNC(=O)C(F)(F)Br)cn1. The lowest BCUT2D eigenvalue weighted by Crippen LogP contribution is -2.39. The second-order valence-corrected chi connectivity index (χ2v) is 7.23. The van der Waals surface area contributed by atoms with Crippen LogP contribution in [0.15, 0.2) is 54.9 Å². The number of hydrazine groups is 1. The zero-order valence-electron chi connectivity index (χ0n) is 15.6. The average Bonchev–Trinajstić information content (AvgIpc) is 2.73. The number of hydrogen-bond acceptors (Lipinski definition) is 5. The maximum Gasteiger partial charge on any atom is 0.379 e. The number of nitrogens with zero attached hydrogens (tertiary/aromatic N) is 2. The van der Waals surface area contributed by atoms with Crippen LogP contribution in [0.3, 0.4) is 0 Å². The Kier molecular flexibility index (Phi) is 6.56. The van der Waals surface area contributed by atoms with Gasteiger partial charge in [0.1, 0.15) is 6.61 Å². The average molecular weight is 481 g/mol. The molecule has 0 bridgehead atoms. The summed E-state index contributed by atoms with van der Waals surface area (Å²) < 4.78 is 45.6. The summed E-state index contributed by atoms with van der Waals surface area (Å²) in [6.45, 7) is 2.01. The Morgan fingerprint density at radius 2 is 1.90 bits per heavy atom. The normalized spacial score (nSPS) is 11.1. The van der Waals surface area contributed by atoms with Crippen LogP contribution in [0.4, 0.5) is 19.0 Å². The van der Waals surface area contributed by atoms with Crippen molar-refractivity contribution in [2.45, 2.75) is 18.4 Å². The molecule has 1 amide bonds. The molecule has 10 heteroatoms. The highest BCUT2D eigenvalue weighted by atomic mass is 79.9. The molecule has 1 heterocycles. The Labute approximate surface area is 178 Å². The first-order valence-electron chi connectivity index (χ1n) is 8.66. The molecule has 0 atom stereocenters. The molecule has 0 saturated carbocycles. The number of aryl methyl sites for hydroxylation is 1. The zero-order valence-corrected chi connectivity index (χ0v) is 17.2. The molecule has 0 radical (unpaired) electrons. The van der Waals surface area contributed by atoms with Crippen molar-refractivity contribution in [1.82, 2.24) is 15.4 Å². The second-order valence-electron chi connectivity index (χ2n) is 6.24. The molecule has 156 valence electrons. The molecule has 0 saturated heterocycles. The minimum absolute atomic E-state index is 0.0322. The van der Waals surface area contributed by atoms with E-state index in [2.05, 4.69) is 15.4 Å². The third-order valence-electron chi connectivity index (χ3n) is 4.01. The summed E-state index contributed by atoms with van der Waals surface area (Å²) in [5.74, 6) is -1.99. The monoisotopic (exact) mass is 480 g/mol. The largest absolute Gasteiger partial charge is 0.486 e. The molecular weight excluding hydrogens is 465 g/mol. The minimum atomic E-state index is -3.72. The van der Waals surface area contributed by atoms with E-state index in [0.717, 1.165) is 5.56 Å². The van der Waals surface area contributed by atoms with Crippen LogP contribution in [0.5, 0.6) is 5.75 Å². The van der Waals surface area contributed by atoms with Crippen molar-refractivity contribution in [2.24, 2.45) is 0 Å². The van der Waals surface area contributed by atoms with E-state index in [9.17, 15) is 18.0 Å². The van der Waals surface area contributed by atoms with E-state index in [0.29, 0.717) is 16.8 Å². The number of alkyl halides is 3. The molecule has 6 nitrogen and oxygen atoms in total. The molecule has 2 N–H and O–H groups in total. The molecule has 1 aromatic heterocycles. The van der Waals surface area contributed by atoms with E-state index in [1.54, 1.807) is 18.4 Å². The molecule has 0 spiro atoms. The number of anilines is 1. The third-order valence-corrected chi connectivity index (χ3v) is 4.37. The molecule has 3 rings (SSSR count). The first kappa shape index (κ1) is 21.6. The van der Waals surface area contributed by atoms with Gasteiger partial charge in [-0.15, -0.1) is 0 Å². The van der Waals surface area contributed by atoms with E-state index in [1.807, 2.05) is 46.3 Å². The Bertz CT molecular complexity index is 1030. The van der Waals surface area contributed by atoms with Gasteiger partial charge >= 0.3 is 10.7 Å². The topological polar surface area (TPSA) is 76.1 Å². The fourth-order valence-electron chi connectivity index (χ4n) is 2.50. The van der Waals surface area contributed by atoms with Crippen molar-refractivity contribution in [3.05, 3.63) is 71.8 Å². The fourth-order valence-corrected chi connectivity index (χ4v) is 2.60. The fraction of sp³-hybridized carbons (Fsp3) is 0.150. The summed E-state index contributed by atoms with van der Waals surface area (Å²) in [5, 5.41) is 0. The third kappa shape index (κ3) is 5.47. The van der Waals surface area contributed by atoms with Gasteiger partial charge in [0.25, 0.3) is 0 Å². The molecule has 0 fully saturated rings. The quantitative estimate of drug-likeness (QED) is 0.381. The summed E-state index contributed by atoms with van der Waals surface area (Å²) in [5.41, 5.74) is 6.49. The van der Waals surface area contributed by atoms with Crippen molar-refractivity contribution in [3.8, 4) is 17.0 Å². The lowest BCUT2D eigenvalue weighted by molar-refractivity contribution is -0.133. The van der Waals surface area contributed by atoms with Gasteiger partial charge in [0, 0.05) is 21.5 Å². The zero-order chi connectivity index (χ0) is 21.7. The summed E-state index contributed by atoms with van der Waals surface area (Å²) in [4.78, 5) is 15.5. The Morgan fingerprint density at radius 3 is 2.53 bits per heavy atom. The van der Waals surface area contributed by atoms with Crippen molar-refractivity contribution in [1.29, 1.82) is 0 Å². The number of amides is 1. The summed E-state index contributed by atoms with van der Waals surface area (Å²) in [6, 6.07) is 12.3. The number of benzene rings is 2. The number of carbonyl (C=O) groups is 1. The highest BCUT2D eigenvalue weighted by Gasteiger charge is 2.34.